The maximum Gasteiger partial charge on any atom is 0.472 e. The molecule has 2 N–H and O–H groups in total. The molecule has 0 rings (SSSR count). The van der Waals surface area contributed by atoms with Gasteiger partial charge in [0.1, 0.15) is 12.7 Å². The Labute approximate surface area is 410 Å². The minimum Gasteiger partial charge on any atom is -0.462 e. The van der Waals surface area contributed by atoms with Crippen LogP contribution in [-0.4, -0.2) is 66.5 Å². The molecule has 0 aliphatic heterocycles. The fraction of sp³-hybridized carbons (Fsp3) is 0.554. The summed E-state index contributed by atoms with van der Waals surface area (Å²) in [5.41, 5.74) is 0. The second kappa shape index (κ2) is 49.1. The second-order valence-corrected chi connectivity index (χ2v) is 17.3. The van der Waals surface area contributed by atoms with Crippen LogP contribution in [0.1, 0.15) is 162 Å². The highest BCUT2D eigenvalue weighted by Gasteiger charge is 2.28. The Kier molecular flexibility index (Phi) is 45.9. The fourth-order valence-corrected chi connectivity index (χ4v) is 6.62. The summed E-state index contributed by atoms with van der Waals surface area (Å²) in [4.78, 5) is 48.2. The summed E-state index contributed by atoms with van der Waals surface area (Å²) in [6, 6.07) is 0. The molecule has 3 atom stereocenters. The molecular formula is C56H87O11P. The van der Waals surface area contributed by atoms with Crippen LogP contribution in [0.3, 0.4) is 0 Å². The SMILES string of the molecule is CC/C=C\C/C=C\C/C=C\C/C=C\C/C=C\CC(=O)OC(COC(=O)CC/C=C\C/C=C\C/C=C\C/C=C\CC)COP(=O)(O)OCC(CO)OC(=O)CCCCCCC/C=C\C/C=C\CCC. The molecule has 0 bridgehead atoms. The number of carbonyl (C=O) groups excluding carboxylic acids is 3. The van der Waals surface area contributed by atoms with E-state index in [1.807, 2.05) is 30.4 Å². The van der Waals surface area contributed by atoms with E-state index in [0.29, 0.717) is 19.3 Å². The molecule has 0 heterocycles. The third-order valence-corrected chi connectivity index (χ3v) is 10.5. The van der Waals surface area contributed by atoms with E-state index < -0.39 is 64.4 Å². The van der Waals surface area contributed by atoms with Gasteiger partial charge in [0.2, 0.25) is 0 Å². The molecule has 0 aromatic rings. The number of rotatable bonds is 44. The van der Waals surface area contributed by atoms with Crippen molar-refractivity contribution in [3.05, 3.63) is 134 Å². The Balaban J connectivity index is 4.98. The van der Waals surface area contributed by atoms with Crippen LogP contribution in [0, 0.1) is 0 Å². The van der Waals surface area contributed by atoms with Crippen molar-refractivity contribution < 1.29 is 52.2 Å². The van der Waals surface area contributed by atoms with Crippen LogP contribution >= 0.6 is 7.82 Å². The predicted octanol–water partition coefficient (Wildman–Crippen LogP) is 14.2. The van der Waals surface area contributed by atoms with Crippen molar-refractivity contribution in [1.82, 2.24) is 0 Å². The van der Waals surface area contributed by atoms with Crippen molar-refractivity contribution in [1.29, 1.82) is 0 Å². The van der Waals surface area contributed by atoms with E-state index in [4.69, 9.17) is 23.3 Å². The monoisotopic (exact) mass is 967 g/mol. The van der Waals surface area contributed by atoms with E-state index >= 15 is 0 Å². The van der Waals surface area contributed by atoms with Gasteiger partial charge >= 0.3 is 25.7 Å². The summed E-state index contributed by atoms with van der Waals surface area (Å²) < 4.78 is 39.1. The molecule has 0 saturated heterocycles. The summed E-state index contributed by atoms with van der Waals surface area (Å²) in [5.74, 6) is -1.75. The van der Waals surface area contributed by atoms with Crippen molar-refractivity contribution in [2.75, 3.05) is 26.4 Å². The minimum atomic E-state index is -4.79. The summed E-state index contributed by atoms with van der Waals surface area (Å²) in [6.45, 7) is 4.08. The van der Waals surface area contributed by atoms with Crippen LogP contribution in [-0.2, 0) is 42.2 Å². The zero-order valence-electron chi connectivity index (χ0n) is 41.8. The number of phosphoric acid groups is 1. The largest absolute Gasteiger partial charge is 0.472 e. The van der Waals surface area contributed by atoms with Gasteiger partial charge in [0.15, 0.2) is 6.10 Å². The average molecular weight is 967 g/mol. The highest BCUT2D eigenvalue weighted by molar-refractivity contribution is 7.47. The number of aliphatic hydroxyl groups excluding tert-OH is 1. The first kappa shape index (κ1) is 63.6. The number of ether oxygens (including phenoxy) is 3. The number of hydrogen-bond acceptors (Lipinski definition) is 10. The maximum absolute atomic E-state index is 12.8. The molecule has 0 saturated carbocycles. The normalized spacial score (nSPS) is 14.6. The van der Waals surface area contributed by atoms with Crippen molar-refractivity contribution in [2.24, 2.45) is 0 Å². The number of carbonyl (C=O) groups is 3. The molecule has 0 amide bonds. The van der Waals surface area contributed by atoms with Crippen molar-refractivity contribution >= 4 is 25.7 Å². The molecule has 11 nitrogen and oxygen atoms in total. The number of esters is 3. The van der Waals surface area contributed by atoms with Gasteiger partial charge in [-0.05, 0) is 96.3 Å². The predicted molar refractivity (Wildman–Crippen MR) is 279 cm³/mol. The number of hydrogen-bond donors (Lipinski definition) is 2. The van der Waals surface area contributed by atoms with Crippen molar-refractivity contribution in [3.8, 4) is 0 Å². The Morgan fingerprint density at radius 2 is 0.853 bits per heavy atom. The van der Waals surface area contributed by atoms with Gasteiger partial charge in [0, 0.05) is 12.8 Å². The zero-order valence-corrected chi connectivity index (χ0v) is 42.7. The lowest BCUT2D eigenvalue weighted by atomic mass is 10.1. The molecule has 0 aliphatic carbocycles. The zero-order chi connectivity index (χ0) is 49.9. The Bertz CT molecular complexity index is 1650. The molecule has 0 aromatic carbocycles. The molecule has 0 fully saturated rings. The van der Waals surface area contributed by atoms with E-state index in [9.17, 15) is 28.9 Å². The van der Waals surface area contributed by atoms with Gasteiger partial charge in [-0.2, -0.15) is 0 Å². The molecule has 68 heavy (non-hydrogen) atoms. The van der Waals surface area contributed by atoms with Crippen LogP contribution in [0.15, 0.2) is 134 Å². The number of aliphatic hydroxyl groups is 1. The number of phosphoric ester groups is 1. The maximum atomic E-state index is 12.8. The summed E-state index contributed by atoms with van der Waals surface area (Å²) in [6.07, 6.45) is 60.5. The lowest BCUT2D eigenvalue weighted by Crippen LogP contribution is -2.30. The van der Waals surface area contributed by atoms with Crippen LogP contribution in [0.4, 0.5) is 0 Å². The molecule has 0 spiro atoms. The molecule has 0 aromatic heterocycles. The fourth-order valence-electron chi connectivity index (χ4n) is 5.83. The van der Waals surface area contributed by atoms with E-state index in [2.05, 4.69) is 118 Å². The molecule has 3 unspecified atom stereocenters. The molecule has 0 aliphatic rings. The third kappa shape index (κ3) is 46.7. The lowest BCUT2D eigenvalue weighted by Gasteiger charge is -2.21. The van der Waals surface area contributed by atoms with E-state index in [1.165, 1.54) is 0 Å². The van der Waals surface area contributed by atoms with Gasteiger partial charge in [-0.25, -0.2) is 4.57 Å². The highest BCUT2D eigenvalue weighted by Crippen LogP contribution is 2.43. The van der Waals surface area contributed by atoms with Gasteiger partial charge in [0.25, 0.3) is 0 Å². The van der Waals surface area contributed by atoms with Gasteiger partial charge < -0.3 is 24.2 Å². The van der Waals surface area contributed by atoms with Crippen LogP contribution < -0.4 is 0 Å². The van der Waals surface area contributed by atoms with Crippen molar-refractivity contribution in [3.63, 3.8) is 0 Å². The first-order chi connectivity index (χ1) is 33.2. The first-order valence-electron chi connectivity index (χ1n) is 25.1. The summed E-state index contributed by atoms with van der Waals surface area (Å²) >= 11 is 0. The lowest BCUT2D eigenvalue weighted by molar-refractivity contribution is -0.160. The quantitative estimate of drug-likeness (QED) is 0.0197. The average Bonchev–Trinajstić information content (AvgIpc) is 3.32. The Morgan fingerprint density at radius 3 is 1.35 bits per heavy atom. The molecule has 382 valence electrons. The van der Waals surface area contributed by atoms with Crippen molar-refractivity contribution in [2.45, 2.75) is 174 Å². The summed E-state index contributed by atoms with van der Waals surface area (Å²) in [7, 11) is -4.79. The van der Waals surface area contributed by atoms with Crippen LogP contribution in [0.5, 0.6) is 0 Å². The first-order valence-corrected chi connectivity index (χ1v) is 26.6. The standard InChI is InChI=1S/C56H87O11P/c1-4-7-10-13-16-19-22-25-26-29-32-35-38-41-44-47-56(60)67-53(49-63-54(58)45-42-39-36-33-30-27-23-20-17-14-11-8-5-2)51-65-68(61,62)64-50-52(48-57)66-55(59)46-43-40-37-34-31-28-24-21-18-15-12-9-6-3/h7-8,10-12,15-17,19-21,24-27,30,32,35-36,39,41,44,52-53,57H,4-6,9,13-14,18,22-23,28-29,31,33-34,37-38,40,42-43,45-51H2,1-3H3,(H,61,62)/b10-7-,11-8-,15-12-,19-16-,20-17-,24-21-,26-25-,30-27-,35-32-,39-36-,44-41-. The topological polar surface area (TPSA) is 155 Å². The Morgan fingerprint density at radius 1 is 0.441 bits per heavy atom. The van der Waals surface area contributed by atoms with Gasteiger partial charge in [-0.15, -0.1) is 0 Å². The third-order valence-electron chi connectivity index (χ3n) is 9.57. The molecule has 12 heteroatoms. The van der Waals surface area contributed by atoms with Crippen LogP contribution in [0.2, 0.25) is 0 Å². The van der Waals surface area contributed by atoms with Gasteiger partial charge in [0.05, 0.1) is 26.2 Å². The number of allylic oxidation sites excluding steroid dienone is 21. The molecule has 0 radical (unpaired) electrons. The minimum absolute atomic E-state index is 0.0775. The number of unbranched alkanes of at least 4 members (excludes halogenated alkanes) is 6. The smallest absolute Gasteiger partial charge is 0.462 e. The van der Waals surface area contributed by atoms with E-state index in [0.717, 1.165) is 103 Å². The van der Waals surface area contributed by atoms with Gasteiger partial charge in [-0.1, -0.05) is 180 Å². The van der Waals surface area contributed by atoms with Crippen LogP contribution in [0.25, 0.3) is 0 Å². The highest BCUT2D eigenvalue weighted by atomic mass is 31.2. The van der Waals surface area contributed by atoms with E-state index in [1.54, 1.807) is 6.08 Å². The Hall–Kier alpha value is -4.38. The van der Waals surface area contributed by atoms with E-state index in [-0.39, 0.29) is 19.3 Å². The molecular weight excluding hydrogens is 880 g/mol. The summed E-state index contributed by atoms with van der Waals surface area (Å²) in [5, 5.41) is 9.76. The van der Waals surface area contributed by atoms with Gasteiger partial charge in [-0.3, -0.25) is 23.4 Å². The second-order valence-electron chi connectivity index (χ2n) is 15.9.